The summed E-state index contributed by atoms with van der Waals surface area (Å²) in [6.45, 7) is 6.89. The molecule has 4 aliphatic rings. The average molecular weight is 583 g/mol. The van der Waals surface area contributed by atoms with E-state index < -0.39 is 28.9 Å². The summed E-state index contributed by atoms with van der Waals surface area (Å²) in [7, 11) is 2.09. The first kappa shape index (κ1) is 28.8. The second-order valence-electron chi connectivity index (χ2n) is 12.7. The predicted octanol–water partition coefficient (Wildman–Crippen LogP) is 5.63. The summed E-state index contributed by atoms with van der Waals surface area (Å²) in [5, 5.41) is 0. The van der Waals surface area contributed by atoms with Crippen LogP contribution in [0, 0.1) is 5.92 Å². The SMILES string of the molecule is CC(=O)O[C@@]12CC[C@@H](N(CC(C)C)C(=O)C=Cc3ccc(C(F)(F)F)cc3)[C@H]3Oc4cccc5c4[C@@]31CCN(C)[C@@H]2C5. The third-order valence-electron chi connectivity index (χ3n) is 9.78. The maximum Gasteiger partial charge on any atom is 0.416 e. The molecule has 1 saturated carbocycles. The number of nitrogens with zero attached hydrogens (tertiary/aromatic N) is 2. The van der Waals surface area contributed by atoms with E-state index in [4.69, 9.17) is 9.47 Å². The fraction of sp³-hybridized carbons (Fsp3) is 0.515. The molecule has 1 saturated heterocycles. The van der Waals surface area contributed by atoms with E-state index in [9.17, 15) is 22.8 Å². The molecule has 2 aliphatic carbocycles. The number of rotatable bonds is 6. The summed E-state index contributed by atoms with van der Waals surface area (Å²) in [5.41, 5.74) is 0.759. The van der Waals surface area contributed by atoms with Crippen LogP contribution in [0.2, 0.25) is 0 Å². The van der Waals surface area contributed by atoms with Crippen molar-refractivity contribution in [1.82, 2.24) is 9.80 Å². The van der Waals surface area contributed by atoms with E-state index in [-0.39, 0.29) is 29.9 Å². The van der Waals surface area contributed by atoms with Crippen LogP contribution in [0.4, 0.5) is 13.2 Å². The van der Waals surface area contributed by atoms with Gasteiger partial charge in [0, 0.05) is 25.1 Å². The Morgan fingerprint density at radius 1 is 1.17 bits per heavy atom. The van der Waals surface area contributed by atoms with Gasteiger partial charge in [0.15, 0.2) is 0 Å². The third-order valence-corrected chi connectivity index (χ3v) is 9.78. The first-order valence-corrected chi connectivity index (χ1v) is 14.7. The smallest absolute Gasteiger partial charge is 0.416 e. The molecule has 2 fully saturated rings. The predicted molar refractivity (Wildman–Crippen MR) is 152 cm³/mol. The summed E-state index contributed by atoms with van der Waals surface area (Å²) in [5.74, 6) is 0.447. The number of benzene rings is 2. The zero-order chi connectivity index (χ0) is 30.0. The van der Waals surface area contributed by atoms with Gasteiger partial charge in [0.1, 0.15) is 17.5 Å². The van der Waals surface area contributed by atoms with Crippen molar-refractivity contribution in [2.75, 3.05) is 20.1 Å². The van der Waals surface area contributed by atoms with Gasteiger partial charge in [-0.05, 0) is 80.6 Å². The number of alkyl halides is 3. The Bertz CT molecular complexity index is 1420. The standard InChI is InChI=1S/C33H37F3N2O4/c1-20(2)19-38(28(40)13-10-22-8-11-24(12-9-22)33(34,35)36)25-14-15-32(42-21(3)39)27-18-23-6-5-7-26-29(23)31(32,30(25)41-26)16-17-37(27)4/h5-13,20,25,27,30H,14-19H2,1-4H3/t25-,27-,30-,31+,32-/m1/s1. The van der Waals surface area contributed by atoms with E-state index in [1.165, 1.54) is 30.7 Å². The lowest BCUT2D eigenvalue weighted by Gasteiger charge is -2.65. The zero-order valence-electron chi connectivity index (χ0n) is 24.4. The Labute approximate surface area is 244 Å². The monoisotopic (exact) mass is 582 g/mol. The molecule has 1 amide bonds. The summed E-state index contributed by atoms with van der Waals surface area (Å²) in [4.78, 5) is 30.8. The van der Waals surface area contributed by atoms with E-state index in [1.54, 1.807) is 6.08 Å². The first-order valence-electron chi connectivity index (χ1n) is 14.7. The summed E-state index contributed by atoms with van der Waals surface area (Å²) in [6, 6.07) is 10.6. The molecule has 1 spiro atoms. The highest BCUT2D eigenvalue weighted by Gasteiger charge is 2.75. The highest BCUT2D eigenvalue weighted by Crippen LogP contribution is 2.65. The molecule has 42 heavy (non-hydrogen) atoms. The number of hydrogen-bond acceptors (Lipinski definition) is 5. The van der Waals surface area contributed by atoms with Crippen LogP contribution in [0.1, 0.15) is 62.3 Å². The van der Waals surface area contributed by atoms with Crippen molar-refractivity contribution in [2.24, 2.45) is 5.92 Å². The summed E-state index contributed by atoms with van der Waals surface area (Å²) >= 11 is 0. The van der Waals surface area contributed by atoms with E-state index in [1.807, 2.05) is 17.0 Å². The molecule has 2 aromatic rings. The van der Waals surface area contributed by atoms with Gasteiger partial charge >= 0.3 is 12.1 Å². The van der Waals surface area contributed by atoms with Gasteiger partial charge in [-0.15, -0.1) is 0 Å². The minimum Gasteiger partial charge on any atom is -0.487 e. The van der Waals surface area contributed by atoms with Gasteiger partial charge in [-0.1, -0.05) is 38.1 Å². The van der Waals surface area contributed by atoms with E-state index in [0.29, 0.717) is 24.9 Å². The number of carbonyl (C=O) groups is 2. The molecule has 0 N–H and O–H groups in total. The number of carbonyl (C=O) groups excluding carboxylic acids is 2. The molecule has 224 valence electrons. The van der Waals surface area contributed by atoms with Crippen molar-refractivity contribution in [3.05, 3.63) is 70.8 Å². The van der Waals surface area contributed by atoms with Gasteiger partial charge < -0.3 is 14.4 Å². The van der Waals surface area contributed by atoms with E-state index >= 15 is 0 Å². The minimum absolute atomic E-state index is 0.00290. The zero-order valence-corrected chi connectivity index (χ0v) is 24.4. The number of likely N-dealkylation sites (tertiary alicyclic amines) is 1. The second-order valence-corrected chi connectivity index (χ2v) is 12.7. The average Bonchev–Trinajstić information content (AvgIpc) is 3.27. The van der Waals surface area contributed by atoms with Gasteiger partial charge in [0.25, 0.3) is 0 Å². The van der Waals surface area contributed by atoms with Crippen molar-refractivity contribution in [3.8, 4) is 5.75 Å². The van der Waals surface area contributed by atoms with Crippen LogP contribution in [0.3, 0.4) is 0 Å². The third kappa shape index (κ3) is 4.34. The molecule has 0 aromatic heterocycles. The molecule has 2 aromatic carbocycles. The van der Waals surface area contributed by atoms with Crippen LogP contribution in [0.15, 0.2) is 48.5 Å². The molecule has 2 heterocycles. The quantitative estimate of drug-likeness (QED) is 0.327. The molecule has 6 rings (SSSR count). The highest BCUT2D eigenvalue weighted by molar-refractivity contribution is 5.92. The van der Waals surface area contributed by atoms with Crippen molar-refractivity contribution >= 4 is 18.0 Å². The Morgan fingerprint density at radius 2 is 1.90 bits per heavy atom. The maximum atomic E-state index is 13.9. The number of hydrogen-bond donors (Lipinski definition) is 0. The number of amides is 1. The number of esters is 1. The maximum absolute atomic E-state index is 13.9. The van der Waals surface area contributed by atoms with Crippen molar-refractivity contribution in [2.45, 2.75) is 81.8 Å². The first-order chi connectivity index (χ1) is 19.9. The fourth-order valence-corrected chi connectivity index (χ4v) is 8.28. The molecule has 9 heteroatoms. The molecule has 0 radical (unpaired) electrons. The van der Waals surface area contributed by atoms with Gasteiger partial charge in [-0.2, -0.15) is 13.2 Å². The molecule has 2 bridgehead atoms. The number of ether oxygens (including phenoxy) is 2. The van der Waals surface area contributed by atoms with E-state index in [2.05, 4.69) is 31.9 Å². The number of halogens is 3. The Morgan fingerprint density at radius 3 is 2.57 bits per heavy atom. The van der Waals surface area contributed by atoms with Gasteiger partial charge in [-0.3, -0.25) is 14.5 Å². The Hall–Kier alpha value is -3.33. The largest absolute Gasteiger partial charge is 0.487 e. The second kappa shape index (κ2) is 10.1. The Kier molecular flexibility index (Phi) is 6.95. The molecule has 6 nitrogen and oxygen atoms in total. The lowest BCUT2D eigenvalue weighted by Crippen LogP contribution is -2.79. The molecule has 2 aliphatic heterocycles. The van der Waals surface area contributed by atoms with Gasteiger partial charge in [0.2, 0.25) is 5.91 Å². The summed E-state index contributed by atoms with van der Waals surface area (Å²) in [6.07, 6.45) is 0.893. The van der Waals surface area contributed by atoms with Crippen molar-refractivity contribution in [3.63, 3.8) is 0 Å². The lowest BCUT2D eigenvalue weighted by atomic mass is 9.48. The Balaban J connectivity index is 1.38. The number of piperidine rings is 1. The normalized spacial score (nSPS) is 29.8. The number of likely N-dealkylation sites (N-methyl/N-ethyl adjacent to an activating group) is 1. The fourth-order valence-electron chi connectivity index (χ4n) is 8.28. The molecular weight excluding hydrogens is 545 g/mol. The molecule has 5 atom stereocenters. The summed E-state index contributed by atoms with van der Waals surface area (Å²) < 4.78 is 52.3. The van der Waals surface area contributed by atoms with Crippen LogP contribution in [0.5, 0.6) is 5.75 Å². The van der Waals surface area contributed by atoms with Crippen LogP contribution in [-0.2, 0) is 32.3 Å². The van der Waals surface area contributed by atoms with Crippen molar-refractivity contribution < 1.29 is 32.2 Å². The van der Waals surface area contributed by atoms with Crippen LogP contribution < -0.4 is 4.74 Å². The van der Waals surface area contributed by atoms with Gasteiger partial charge in [0.05, 0.1) is 23.1 Å². The lowest BCUT2D eigenvalue weighted by molar-refractivity contribution is -0.221. The minimum atomic E-state index is -4.42. The molecular formula is C33H37F3N2O4. The van der Waals surface area contributed by atoms with E-state index in [0.717, 1.165) is 42.8 Å². The topological polar surface area (TPSA) is 59.1 Å². The van der Waals surface area contributed by atoms with Gasteiger partial charge in [-0.25, -0.2) is 0 Å². The van der Waals surface area contributed by atoms with Crippen LogP contribution in [-0.4, -0.2) is 65.6 Å². The van der Waals surface area contributed by atoms with Crippen LogP contribution >= 0.6 is 0 Å². The molecule has 0 unspecified atom stereocenters. The highest BCUT2D eigenvalue weighted by atomic mass is 19.4. The van der Waals surface area contributed by atoms with Crippen molar-refractivity contribution in [1.29, 1.82) is 0 Å². The van der Waals surface area contributed by atoms with Crippen LogP contribution in [0.25, 0.3) is 6.08 Å².